The maximum Gasteiger partial charge on any atom is 0.354 e. The van der Waals surface area contributed by atoms with Gasteiger partial charge < -0.3 is 9.30 Å². The van der Waals surface area contributed by atoms with Crippen molar-refractivity contribution < 1.29 is 9.53 Å². The Morgan fingerprint density at radius 2 is 1.92 bits per heavy atom. The highest BCUT2D eigenvalue weighted by Crippen LogP contribution is 2.20. The molecule has 126 valence electrons. The highest BCUT2D eigenvalue weighted by atomic mass is 16.5. The molecule has 0 aliphatic heterocycles. The van der Waals surface area contributed by atoms with Crippen LogP contribution >= 0.6 is 0 Å². The first-order valence-electron chi connectivity index (χ1n) is 8.01. The number of benzene rings is 1. The smallest absolute Gasteiger partial charge is 0.354 e. The van der Waals surface area contributed by atoms with Crippen molar-refractivity contribution in [3.05, 3.63) is 58.4 Å². The van der Waals surface area contributed by atoms with E-state index in [9.17, 15) is 10.1 Å². The third kappa shape index (κ3) is 4.16. The minimum atomic E-state index is -0.715. The number of hydrogen-bond donors (Lipinski definition) is 0. The number of carbonyl (C=O) groups is 1. The molecule has 0 saturated heterocycles. The Balaban J connectivity index is 2.25. The van der Waals surface area contributed by atoms with Crippen LogP contribution < -0.4 is 4.74 Å². The summed E-state index contributed by atoms with van der Waals surface area (Å²) < 4.78 is 7.38. The van der Waals surface area contributed by atoms with Crippen LogP contribution in [0.5, 0.6) is 5.75 Å². The second-order valence-electron chi connectivity index (χ2n) is 5.67. The Hall–Kier alpha value is -3.31. The van der Waals surface area contributed by atoms with E-state index in [1.165, 1.54) is 12.1 Å². The van der Waals surface area contributed by atoms with Crippen LogP contribution in [0.3, 0.4) is 0 Å². The summed E-state index contributed by atoms with van der Waals surface area (Å²) in [6.45, 7) is 6.96. The Morgan fingerprint density at radius 3 is 2.48 bits per heavy atom. The third-order valence-electron chi connectivity index (χ3n) is 3.89. The van der Waals surface area contributed by atoms with Crippen LogP contribution in [0.1, 0.15) is 35.9 Å². The average molecular weight is 333 g/mol. The van der Waals surface area contributed by atoms with Crippen molar-refractivity contribution in [2.45, 2.75) is 33.7 Å². The van der Waals surface area contributed by atoms with Gasteiger partial charge in [-0.05, 0) is 62.2 Å². The summed E-state index contributed by atoms with van der Waals surface area (Å²) in [6.07, 6.45) is 2.56. The molecule has 0 bridgehead atoms. The number of hydrogen-bond acceptors (Lipinski definition) is 4. The number of carbonyl (C=O) groups excluding carboxylic acids is 1. The zero-order chi connectivity index (χ0) is 18.4. The van der Waals surface area contributed by atoms with Gasteiger partial charge in [-0.15, -0.1) is 0 Å². The first-order valence-corrected chi connectivity index (χ1v) is 8.01. The summed E-state index contributed by atoms with van der Waals surface area (Å²) in [6, 6.07) is 12.0. The van der Waals surface area contributed by atoms with E-state index in [-0.39, 0.29) is 5.57 Å². The molecule has 0 fully saturated rings. The molecule has 25 heavy (non-hydrogen) atoms. The number of ether oxygens (including phenoxy) is 1. The molecule has 0 aliphatic carbocycles. The van der Waals surface area contributed by atoms with Gasteiger partial charge in [0.2, 0.25) is 0 Å². The zero-order valence-electron chi connectivity index (χ0n) is 14.5. The average Bonchev–Trinajstić information content (AvgIpc) is 2.88. The summed E-state index contributed by atoms with van der Waals surface area (Å²) in [5, 5.41) is 18.1. The second kappa shape index (κ2) is 7.99. The number of esters is 1. The molecule has 0 aliphatic rings. The predicted molar refractivity (Wildman–Crippen MR) is 94.6 cm³/mol. The predicted octanol–water partition coefficient (Wildman–Crippen LogP) is 3.90. The molecule has 2 rings (SSSR count). The molecule has 2 aromatic rings. The monoisotopic (exact) mass is 333 g/mol. The van der Waals surface area contributed by atoms with Gasteiger partial charge in [0.05, 0.1) is 11.6 Å². The van der Waals surface area contributed by atoms with Gasteiger partial charge in [-0.1, -0.05) is 6.92 Å². The maximum atomic E-state index is 12.2. The molecule has 0 radical (unpaired) electrons. The fraction of sp³-hybridized carbons (Fsp3) is 0.250. The summed E-state index contributed by atoms with van der Waals surface area (Å²) in [7, 11) is 0. The normalized spacial score (nSPS) is 10.8. The molecule has 0 spiro atoms. The lowest BCUT2D eigenvalue weighted by atomic mass is 10.1. The SMILES string of the molecule is CCCn1c(C)cc(C=C(C#N)C(=O)Oc2ccc(C#N)cc2)c1C. The molecule has 1 aromatic carbocycles. The van der Waals surface area contributed by atoms with Crippen molar-refractivity contribution in [2.75, 3.05) is 0 Å². The minimum absolute atomic E-state index is 0.0684. The van der Waals surface area contributed by atoms with Crippen molar-refractivity contribution in [3.8, 4) is 17.9 Å². The summed E-state index contributed by atoms with van der Waals surface area (Å²) >= 11 is 0. The van der Waals surface area contributed by atoms with Crippen LogP contribution in [0.15, 0.2) is 35.9 Å². The second-order valence-corrected chi connectivity index (χ2v) is 5.67. The standard InChI is InChI=1S/C20H19N3O2/c1-4-9-23-14(2)10-17(15(23)3)11-18(13-22)20(24)25-19-7-5-16(12-21)6-8-19/h5-8,10-11H,4,9H2,1-3H3. The number of aryl methyl sites for hydroxylation is 1. The van der Waals surface area contributed by atoms with Gasteiger partial charge in [0, 0.05) is 17.9 Å². The van der Waals surface area contributed by atoms with Gasteiger partial charge in [-0.2, -0.15) is 10.5 Å². The van der Waals surface area contributed by atoms with Crippen LogP contribution in [0.25, 0.3) is 6.08 Å². The van der Waals surface area contributed by atoms with Crippen molar-refractivity contribution in [1.29, 1.82) is 10.5 Å². The Morgan fingerprint density at radius 1 is 1.24 bits per heavy atom. The Bertz CT molecular complexity index is 891. The van der Waals surface area contributed by atoms with E-state index >= 15 is 0 Å². The fourth-order valence-electron chi connectivity index (χ4n) is 2.59. The lowest BCUT2D eigenvalue weighted by molar-refractivity contribution is -0.129. The van der Waals surface area contributed by atoms with Crippen molar-refractivity contribution >= 4 is 12.0 Å². The topological polar surface area (TPSA) is 78.8 Å². The molecule has 1 aromatic heterocycles. The molecule has 0 amide bonds. The summed E-state index contributed by atoms with van der Waals surface area (Å²) in [5.74, 6) is -0.422. The maximum absolute atomic E-state index is 12.2. The van der Waals surface area contributed by atoms with Crippen LogP contribution in [0.2, 0.25) is 0 Å². The number of rotatable bonds is 5. The van der Waals surface area contributed by atoms with Crippen molar-refractivity contribution in [2.24, 2.45) is 0 Å². The highest BCUT2D eigenvalue weighted by Gasteiger charge is 2.14. The number of nitriles is 2. The number of aromatic nitrogens is 1. The minimum Gasteiger partial charge on any atom is -0.422 e. The molecule has 0 saturated carbocycles. The summed E-state index contributed by atoms with van der Waals surface area (Å²) in [5.41, 5.74) is 3.33. The van der Waals surface area contributed by atoms with Gasteiger partial charge >= 0.3 is 5.97 Å². The zero-order valence-corrected chi connectivity index (χ0v) is 14.5. The van der Waals surface area contributed by atoms with Gasteiger partial charge in [-0.25, -0.2) is 4.79 Å². The van der Waals surface area contributed by atoms with Gasteiger partial charge in [-0.3, -0.25) is 0 Å². The van der Waals surface area contributed by atoms with Crippen molar-refractivity contribution in [3.63, 3.8) is 0 Å². The Kier molecular flexibility index (Phi) is 5.76. The lowest BCUT2D eigenvalue weighted by Gasteiger charge is -2.07. The quantitative estimate of drug-likeness (QED) is 0.360. The molecule has 5 heteroatoms. The van der Waals surface area contributed by atoms with Crippen molar-refractivity contribution in [1.82, 2.24) is 4.57 Å². The van der Waals surface area contributed by atoms with Crippen LogP contribution in [0, 0.1) is 36.5 Å². The van der Waals surface area contributed by atoms with E-state index < -0.39 is 5.97 Å². The fourth-order valence-corrected chi connectivity index (χ4v) is 2.59. The van der Waals surface area contributed by atoms with Crippen LogP contribution in [0.4, 0.5) is 0 Å². The van der Waals surface area contributed by atoms with Crippen LogP contribution in [-0.4, -0.2) is 10.5 Å². The largest absolute Gasteiger partial charge is 0.422 e. The molecule has 1 heterocycles. The molecular weight excluding hydrogens is 314 g/mol. The molecule has 0 N–H and O–H groups in total. The first kappa shape index (κ1) is 18.0. The molecule has 0 atom stereocenters. The van der Waals surface area contributed by atoms with Gasteiger partial charge in [0.15, 0.2) is 0 Å². The molecule has 5 nitrogen and oxygen atoms in total. The van der Waals surface area contributed by atoms with E-state index in [1.54, 1.807) is 18.2 Å². The first-order chi connectivity index (χ1) is 12.0. The van der Waals surface area contributed by atoms with E-state index in [4.69, 9.17) is 10.00 Å². The summed E-state index contributed by atoms with van der Waals surface area (Å²) in [4.78, 5) is 12.2. The van der Waals surface area contributed by atoms with E-state index in [1.807, 2.05) is 32.1 Å². The third-order valence-corrected chi connectivity index (χ3v) is 3.89. The Labute approximate surface area is 147 Å². The van der Waals surface area contributed by atoms with Crippen LogP contribution in [-0.2, 0) is 11.3 Å². The van der Waals surface area contributed by atoms with E-state index in [2.05, 4.69) is 11.5 Å². The number of nitrogens with zero attached hydrogens (tertiary/aromatic N) is 3. The van der Waals surface area contributed by atoms with E-state index in [0.717, 1.165) is 29.9 Å². The van der Waals surface area contributed by atoms with Gasteiger partial charge in [0.25, 0.3) is 0 Å². The molecular formula is C20H19N3O2. The van der Waals surface area contributed by atoms with E-state index in [0.29, 0.717) is 11.3 Å². The lowest BCUT2D eigenvalue weighted by Crippen LogP contribution is -2.10. The highest BCUT2D eigenvalue weighted by molar-refractivity contribution is 5.99. The molecule has 0 unspecified atom stereocenters. The van der Waals surface area contributed by atoms with Gasteiger partial charge in [0.1, 0.15) is 17.4 Å².